The Morgan fingerprint density at radius 2 is 2.00 bits per heavy atom. The van der Waals surface area contributed by atoms with Gasteiger partial charge in [0.05, 0.1) is 17.2 Å². The van der Waals surface area contributed by atoms with Crippen LogP contribution in [-0.2, 0) is 11.3 Å². The van der Waals surface area contributed by atoms with Crippen LogP contribution in [0.4, 0.5) is 11.5 Å². The lowest BCUT2D eigenvalue weighted by atomic mass is 10.2. The Bertz CT molecular complexity index is 1380. The van der Waals surface area contributed by atoms with E-state index in [1.165, 1.54) is 20.8 Å². The predicted octanol–water partition coefficient (Wildman–Crippen LogP) is 2.81. The Kier molecular flexibility index (Phi) is 7.28. The molecule has 10 nitrogen and oxygen atoms in total. The number of benzene rings is 1. The molecule has 3 N–H and O–H groups in total. The maximum Gasteiger partial charge on any atom is 0.330 e. The molecule has 0 saturated carbocycles. The van der Waals surface area contributed by atoms with E-state index >= 15 is 0 Å². The molecule has 12 heteroatoms. The van der Waals surface area contributed by atoms with Gasteiger partial charge < -0.3 is 15.1 Å². The third-order valence-corrected chi connectivity index (χ3v) is 6.53. The molecule has 0 aliphatic carbocycles. The summed E-state index contributed by atoms with van der Waals surface area (Å²) < 4.78 is 6.87. The molecule has 3 heterocycles. The lowest BCUT2D eigenvalue weighted by Crippen LogP contribution is -2.42. The Morgan fingerprint density at radius 1 is 1.21 bits per heavy atom. The summed E-state index contributed by atoms with van der Waals surface area (Å²) in [6.07, 6.45) is 0.580. The summed E-state index contributed by atoms with van der Waals surface area (Å²) >= 11 is 2.54. The Morgan fingerprint density at radius 3 is 2.71 bits per heavy atom. The lowest BCUT2D eigenvalue weighted by molar-refractivity contribution is -0.116. The third-order valence-electron chi connectivity index (χ3n) is 4.87. The SMILES string of the molecule is CCCN(C(=O)CSc1nnc(-c2cccs2)o1)c1c(N)n(Cc2ccccc2)c(=O)[nH]c1=O. The van der Waals surface area contributed by atoms with Crippen LogP contribution >= 0.6 is 23.1 Å². The minimum atomic E-state index is -0.712. The van der Waals surface area contributed by atoms with Gasteiger partial charge in [0.15, 0.2) is 5.69 Å². The molecule has 0 aliphatic heterocycles. The maximum atomic E-state index is 13.1. The molecular weight excluding hydrogens is 476 g/mol. The molecular formula is C22H22N6O4S2. The highest BCUT2D eigenvalue weighted by Gasteiger charge is 2.24. The number of amides is 1. The molecule has 3 aromatic heterocycles. The van der Waals surface area contributed by atoms with E-state index in [1.807, 2.05) is 54.8 Å². The fraction of sp³-hybridized carbons (Fsp3) is 0.227. The first kappa shape index (κ1) is 23.5. The number of nitrogen functional groups attached to an aromatic ring is 1. The molecule has 1 amide bonds. The number of hydrogen-bond donors (Lipinski definition) is 2. The second kappa shape index (κ2) is 10.5. The van der Waals surface area contributed by atoms with Crippen LogP contribution in [0.3, 0.4) is 0 Å². The second-order valence-electron chi connectivity index (χ2n) is 7.25. The number of rotatable bonds is 9. The molecule has 0 saturated heterocycles. The molecule has 4 aromatic rings. The van der Waals surface area contributed by atoms with Crippen molar-refractivity contribution in [1.82, 2.24) is 19.7 Å². The number of aromatic nitrogens is 4. The summed E-state index contributed by atoms with van der Waals surface area (Å²) in [7, 11) is 0. The van der Waals surface area contributed by atoms with Gasteiger partial charge in [-0.25, -0.2) is 4.79 Å². The maximum absolute atomic E-state index is 13.1. The molecule has 0 radical (unpaired) electrons. The molecule has 0 aliphatic rings. The summed E-state index contributed by atoms with van der Waals surface area (Å²) in [4.78, 5) is 42.7. The number of carbonyl (C=O) groups excluding carboxylic acids is 1. The molecule has 0 bridgehead atoms. The first-order valence-corrected chi connectivity index (χ1v) is 12.3. The van der Waals surface area contributed by atoms with Crippen LogP contribution in [0.25, 0.3) is 10.8 Å². The minimum Gasteiger partial charge on any atom is -0.410 e. The number of carbonyl (C=O) groups is 1. The van der Waals surface area contributed by atoms with Crippen molar-refractivity contribution in [2.75, 3.05) is 22.9 Å². The van der Waals surface area contributed by atoms with Crippen molar-refractivity contribution >= 4 is 40.5 Å². The molecule has 4 rings (SSSR count). The number of anilines is 2. The highest BCUT2D eigenvalue weighted by atomic mass is 32.2. The zero-order valence-electron chi connectivity index (χ0n) is 18.3. The second-order valence-corrected chi connectivity index (χ2v) is 9.12. The van der Waals surface area contributed by atoms with Crippen LogP contribution in [0, 0.1) is 0 Å². The normalized spacial score (nSPS) is 11.0. The van der Waals surface area contributed by atoms with E-state index < -0.39 is 11.2 Å². The van der Waals surface area contributed by atoms with Crippen LogP contribution in [-0.4, -0.2) is 38.0 Å². The first-order valence-electron chi connectivity index (χ1n) is 10.4. The van der Waals surface area contributed by atoms with Gasteiger partial charge in [-0.05, 0) is 23.4 Å². The summed E-state index contributed by atoms with van der Waals surface area (Å²) in [5.74, 6) is -0.112. The van der Waals surface area contributed by atoms with E-state index in [1.54, 1.807) is 0 Å². The molecule has 0 spiro atoms. The van der Waals surface area contributed by atoms with Crippen molar-refractivity contribution < 1.29 is 9.21 Å². The topological polar surface area (TPSA) is 140 Å². The number of nitrogens with zero attached hydrogens (tertiary/aromatic N) is 4. The molecule has 0 atom stereocenters. The van der Waals surface area contributed by atoms with Crippen LogP contribution in [0.1, 0.15) is 18.9 Å². The van der Waals surface area contributed by atoms with Gasteiger partial charge in [0.2, 0.25) is 5.91 Å². The van der Waals surface area contributed by atoms with Crippen molar-refractivity contribution in [3.05, 3.63) is 74.2 Å². The molecule has 1 aromatic carbocycles. The van der Waals surface area contributed by atoms with Crippen molar-refractivity contribution in [2.24, 2.45) is 0 Å². The lowest BCUT2D eigenvalue weighted by Gasteiger charge is -2.23. The van der Waals surface area contributed by atoms with Crippen LogP contribution in [0.15, 0.2) is 67.1 Å². The number of hydrogen-bond acceptors (Lipinski definition) is 9. The van der Waals surface area contributed by atoms with Crippen LogP contribution in [0.5, 0.6) is 0 Å². The quantitative estimate of drug-likeness (QED) is 0.336. The molecule has 0 fully saturated rings. The van der Waals surface area contributed by atoms with Crippen molar-refractivity contribution in [2.45, 2.75) is 25.1 Å². The fourth-order valence-corrected chi connectivity index (χ4v) is 4.60. The molecule has 176 valence electrons. The van der Waals surface area contributed by atoms with Gasteiger partial charge in [0.25, 0.3) is 16.7 Å². The largest absolute Gasteiger partial charge is 0.410 e. The van der Waals surface area contributed by atoms with Crippen molar-refractivity contribution in [3.8, 4) is 10.8 Å². The number of thiophene rings is 1. The monoisotopic (exact) mass is 498 g/mol. The number of aromatic amines is 1. The molecule has 0 unspecified atom stereocenters. The van der Waals surface area contributed by atoms with Gasteiger partial charge in [-0.2, -0.15) is 0 Å². The van der Waals surface area contributed by atoms with Gasteiger partial charge in [-0.1, -0.05) is 55.1 Å². The summed E-state index contributed by atoms with van der Waals surface area (Å²) in [5.41, 5.74) is 5.70. The van der Waals surface area contributed by atoms with E-state index in [2.05, 4.69) is 15.2 Å². The fourth-order valence-electron chi connectivity index (χ4n) is 3.32. The third kappa shape index (κ3) is 5.13. The highest BCUT2D eigenvalue weighted by molar-refractivity contribution is 7.99. The van der Waals surface area contributed by atoms with Gasteiger partial charge in [-0.3, -0.25) is 19.1 Å². The number of nitrogens with two attached hydrogens (primary N) is 1. The Balaban J connectivity index is 1.57. The van der Waals surface area contributed by atoms with E-state index in [9.17, 15) is 14.4 Å². The zero-order valence-corrected chi connectivity index (χ0v) is 19.9. The van der Waals surface area contributed by atoms with E-state index in [4.69, 9.17) is 10.2 Å². The van der Waals surface area contributed by atoms with Gasteiger partial charge in [0, 0.05) is 6.54 Å². The van der Waals surface area contributed by atoms with E-state index in [-0.39, 0.29) is 41.5 Å². The van der Waals surface area contributed by atoms with E-state index in [0.29, 0.717) is 12.3 Å². The van der Waals surface area contributed by atoms with Gasteiger partial charge in [0.1, 0.15) is 5.82 Å². The van der Waals surface area contributed by atoms with Gasteiger partial charge in [-0.15, -0.1) is 21.5 Å². The van der Waals surface area contributed by atoms with Crippen molar-refractivity contribution in [1.29, 1.82) is 0 Å². The first-order chi connectivity index (χ1) is 16.5. The van der Waals surface area contributed by atoms with Gasteiger partial charge >= 0.3 is 5.69 Å². The average molecular weight is 499 g/mol. The van der Waals surface area contributed by atoms with E-state index in [0.717, 1.165) is 22.2 Å². The minimum absolute atomic E-state index is 0.0483. The van der Waals surface area contributed by atoms with Crippen LogP contribution < -0.4 is 21.9 Å². The molecule has 34 heavy (non-hydrogen) atoms. The number of thioether (sulfide) groups is 1. The highest BCUT2D eigenvalue weighted by Crippen LogP contribution is 2.27. The zero-order chi connectivity index (χ0) is 24.1. The Labute approximate surface area is 202 Å². The van der Waals surface area contributed by atoms with Crippen LogP contribution in [0.2, 0.25) is 0 Å². The average Bonchev–Trinajstić information content (AvgIpc) is 3.52. The standard InChI is InChI=1S/C22H22N6O4S2/c1-2-10-27(16(29)13-34-22-26-25-20(32-22)15-9-6-11-33-15)17-18(23)28(21(31)24-19(17)30)12-14-7-4-3-5-8-14/h3-9,11H,2,10,12-13,23H2,1H3,(H,24,30,31). The summed E-state index contributed by atoms with van der Waals surface area (Å²) in [6, 6.07) is 13.0. The number of nitrogens with one attached hydrogen (secondary N) is 1. The summed E-state index contributed by atoms with van der Waals surface area (Å²) in [6.45, 7) is 2.29. The Hall–Kier alpha value is -3.64. The van der Waals surface area contributed by atoms with Crippen molar-refractivity contribution in [3.63, 3.8) is 0 Å². The predicted molar refractivity (Wildman–Crippen MR) is 132 cm³/mol. The number of H-pyrrole nitrogens is 1. The smallest absolute Gasteiger partial charge is 0.330 e. The summed E-state index contributed by atoms with van der Waals surface area (Å²) in [5, 5.41) is 10.1.